The molecule has 0 fully saturated rings. The number of aryl methyl sites for hydroxylation is 1. The third-order valence-corrected chi connectivity index (χ3v) is 4.61. The van der Waals surface area contributed by atoms with Gasteiger partial charge in [-0.25, -0.2) is 0 Å². The van der Waals surface area contributed by atoms with Crippen molar-refractivity contribution in [1.29, 1.82) is 0 Å². The number of carbonyl (C=O) groups is 1. The second kappa shape index (κ2) is 7.16. The molecular weight excluding hydrogens is 308 g/mol. The van der Waals surface area contributed by atoms with Crippen LogP contribution in [0.4, 0.5) is 5.69 Å². The van der Waals surface area contributed by atoms with E-state index in [-0.39, 0.29) is 5.91 Å². The first-order valence-corrected chi connectivity index (χ1v) is 8.35. The number of rotatable bonds is 4. The number of likely N-dealkylation sites (N-methyl/N-ethyl adjacent to an activating group) is 1. The Hall–Kier alpha value is -1.84. The van der Waals surface area contributed by atoms with Crippen LogP contribution in [0.15, 0.2) is 48.5 Å². The van der Waals surface area contributed by atoms with Crippen molar-refractivity contribution in [3.05, 3.63) is 64.7 Å². The summed E-state index contributed by atoms with van der Waals surface area (Å²) >= 11 is 5.95. The van der Waals surface area contributed by atoms with Crippen LogP contribution in [0, 0.1) is 0 Å². The highest BCUT2D eigenvalue weighted by Crippen LogP contribution is 2.33. The molecular formula is C19H21ClN2O. The molecule has 4 heteroatoms. The molecule has 0 radical (unpaired) electrons. The number of carbonyl (C=O) groups excluding carboxylic acids is 1. The molecule has 3 rings (SSSR count). The third-order valence-electron chi connectivity index (χ3n) is 4.37. The Morgan fingerprint density at radius 3 is 2.91 bits per heavy atom. The minimum absolute atomic E-state index is 0.0159. The van der Waals surface area contributed by atoms with E-state index in [0.717, 1.165) is 18.5 Å². The number of nitrogens with one attached hydrogen (secondary N) is 1. The van der Waals surface area contributed by atoms with Crippen LogP contribution >= 0.6 is 11.6 Å². The fourth-order valence-corrected chi connectivity index (χ4v) is 3.48. The molecule has 0 spiro atoms. The number of nitrogens with zero attached hydrogens (tertiary/aromatic N) is 1. The molecule has 0 saturated carbocycles. The highest BCUT2D eigenvalue weighted by Gasteiger charge is 2.24. The van der Waals surface area contributed by atoms with Crippen LogP contribution in [-0.4, -0.2) is 24.4 Å². The van der Waals surface area contributed by atoms with Crippen molar-refractivity contribution in [3.63, 3.8) is 0 Å². The zero-order valence-electron chi connectivity index (χ0n) is 13.3. The molecule has 120 valence electrons. The minimum Gasteiger partial charge on any atom is -0.325 e. The summed E-state index contributed by atoms with van der Waals surface area (Å²) in [6, 6.07) is 16.1. The van der Waals surface area contributed by atoms with Crippen LogP contribution in [0.2, 0.25) is 5.02 Å². The predicted octanol–water partition coefficient (Wildman–Crippen LogP) is 4.29. The van der Waals surface area contributed by atoms with Gasteiger partial charge in [-0.15, -0.1) is 0 Å². The quantitative estimate of drug-likeness (QED) is 0.908. The van der Waals surface area contributed by atoms with E-state index < -0.39 is 0 Å². The molecule has 1 N–H and O–H groups in total. The molecule has 0 unspecified atom stereocenters. The molecule has 0 heterocycles. The Labute approximate surface area is 142 Å². The smallest absolute Gasteiger partial charge is 0.238 e. The first kappa shape index (κ1) is 16.0. The Morgan fingerprint density at radius 2 is 2.09 bits per heavy atom. The molecule has 1 amide bonds. The Kier molecular flexibility index (Phi) is 4.99. The first-order valence-electron chi connectivity index (χ1n) is 7.97. The normalized spacial score (nSPS) is 16.9. The van der Waals surface area contributed by atoms with Crippen molar-refractivity contribution in [2.24, 2.45) is 0 Å². The monoisotopic (exact) mass is 328 g/mol. The van der Waals surface area contributed by atoms with Crippen molar-refractivity contribution in [1.82, 2.24) is 4.90 Å². The third kappa shape index (κ3) is 3.92. The SMILES string of the molecule is CN(CC(=O)Nc1cccc(Cl)c1)[C@H]1CCCc2ccccc21. The van der Waals surface area contributed by atoms with Crippen LogP contribution in [0.25, 0.3) is 0 Å². The lowest BCUT2D eigenvalue weighted by Crippen LogP contribution is -2.34. The van der Waals surface area contributed by atoms with E-state index in [9.17, 15) is 4.79 Å². The Balaban J connectivity index is 1.65. The standard InChI is InChI=1S/C19H21ClN2O/c1-22(13-19(23)21-16-9-5-8-15(20)12-16)18-11-4-7-14-6-2-3-10-17(14)18/h2-3,5-6,8-10,12,18H,4,7,11,13H2,1H3,(H,21,23)/t18-/m0/s1. The maximum atomic E-state index is 12.3. The number of halogens is 1. The van der Waals surface area contributed by atoms with E-state index in [4.69, 9.17) is 11.6 Å². The minimum atomic E-state index is -0.0159. The van der Waals surface area contributed by atoms with Crippen LogP contribution in [0.3, 0.4) is 0 Å². The van der Waals surface area contributed by atoms with Gasteiger partial charge >= 0.3 is 0 Å². The van der Waals surface area contributed by atoms with Gasteiger partial charge in [0.1, 0.15) is 0 Å². The highest BCUT2D eigenvalue weighted by molar-refractivity contribution is 6.30. The molecule has 0 aromatic heterocycles. The number of fused-ring (bicyclic) bond motifs is 1. The summed E-state index contributed by atoms with van der Waals surface area (Å²) in [7, 11) is 2.02. The van der Waals surface area contributed by atoms with Gasteiger partial charge in [0.05, 0.1) is 6.54 Å². The zero-order valence-corrected chi connectivity index (χ0v) is 14.0. The van der Waals surface area contributed by atoms with Gasteiger partial charge in [-0.2, -0.15) is 0 Å². The molecule has 1 aliphatic carbocycles. The van der Waals surface area contributed by atoms with E-state index in [0.29, 0.717) is 17.6 Å². The summed E-state index contributed by atoms with van der Waals surface area (Å²) in [6.07, 6.45) is 3.40. The summed E-state index contributed by atoms with van der Waals surface area (Å²) in [5, 5.41) is 3.53. The van der Waals surface area contributed by atoms with E-state index in [2.05, 4.69) is 34.5 Å². The van der Waals surface area contributed by atoms with Crippen molar-refractivity contribution in [3.8, 4) is 0 Å². The molecule has 0 bridgehead atoms. The van der Waals surface area contributed by atoms with Gasteiger partial charge in [-0.3, -0.25) is 9.69 Å². The summed E-state index contributed by atoms with van der Waals surface area (Å²) < 4.78 is 0. The lowest BCUT2D eigenvalue weighted by molar-refractivity contribution is -0.117. The topological polar surface area (TPSA) is 32.3 Å². The van der Waals surface area contributed by atoms with E-state index >= 15 is 0 Å². The van der Waals surface area contributed by atoms with E-state index in [1.54, 1.807) is 12.1 Å². The van der Waals surface area contributed by atoms with Crippen LogP contribution in [0.1, 0.15) is 30.0 Å². The van der Waals surface area contributed by atoms with Gasteiger partial charge in [-0.05, 0) is 55.6 Å². The van der Waals surface area contributed by atoms with Crippen molar-refractivity contribution in [2.75, 3.05) is 18.9 Å². The molecule has 2 aromatic rings. The van der Waals surface area contributed by atoms with Crippen LogP contribution in [-0.2, 0) is 11.2 Å². The van der Waals surface area contributed by atoms with Crippen molar-refractivity contribution < 1.29 is 4.79 Å². The van der Waals surface area contributed by atoms with Crippen LogP contribution in [0.5, 0.6) is 0 Å². The van der Waals surface area contributed by atoms with E-state index in [1.165, 1.54) is 17.5 Å². The molecule has 1 aliphatic rings. The predicted molar refractivity (Wildman–Crippen MR) is 94.8 cm³/mol. The molecule has 0 aliphatic heterocycles. The average molecular weight is 329 g/mol. The number of amides is 1. The lowest BCUT2D eigenvalue weighted by Gasteiger charge is -2.32. The maximum Gasteiger partial charge on any atom is 0.238 e. The number of hydrogen-bond acceptors (Lipinski definition) is 2. The van der Waals surface area contributed by atoms with Gasteiger partial charge < -0.3 is 5.32 Å². The molecule has 1 atom stereocenters. The summed E-state index contributed by atoms with van der Waals surface area (Å²) in [4.78, 5) is 14.4. The second-order valence-corrected chi connectivity index (χ2v) is 6.52. The highest BCUT2D eigenvalue weighted by atomic mass is 35.5. The molecule has 3 nitrogen and oxygen atoms in total. The summed E-state index contributed by atoms with van der Waals surface area (Å²) in [5.41, 5.74) is 3.50. The Morgan fingerprint density at radius 1 is 1.26 bits per heavy atom. The maximum absolute atomic E-state index is 12.3. The van der Waals surface area contributed by atoms with Crippen LogP contribution < -0.4 is 5.32 Å². The number of anilines is 1. The van der Waals surface area contributed by atoms with E-state index in [1.807, 2.05) is 19.2 Å². The second-order valence-electron chi connectivity index (χ2n) is 6.08. The number of hydrogen-bond donors (Lipinski definition) is 1. The van der Waals surface area contributed by atoms with Gasteiger partial charge in [0, 0.05) is 16.8 Å². The molecule has 23 heavy (non-hydrogen) atoms. The first-order chi connectivity index (χ1) is 11.1. The fraction of sp³-hybridized carbons (Fsp3) is 0.316. The van der Waals surface area contributed by atoms with Gasteiger partial charge in [0.15, 0.2) is 0 Å². The van der Waals surface area contributed by atoms with Gasteiger partial charge in [-0.1, -0.05) is 41.9 Å². The zero-order chi connectivity index (χ0) is 16.2. The molecule has 0 saturated heterocycles. The summed E-state index contributed by atoms with van der Waals surface area (Å²) in [5.74, 6) is -0.0159. The average Bonchev–Trinajstić information content (AvgIpc) is 2.54. The largest absolute Gasteiger partial charge is 0.325 e. The fourth-order valence-electron chi connectivity index (χ4n) is 3.29. The van der Waals surface area contributed by atoms with Gasteiger partial charge in [0.25, 0.3) is 0 Å². The lowest BCUT2D eigenvalue weighted by atomic mass is 9.87. The van der Waals surface area contributed by atoms with Gasteiger partial charge in [0.2, 0.25) is 5.91 Å². The van der Waals surface area contributed by atoms with Crippen molar-refractivity contribution >= 4 is 23.2 Å². The molecule has 2 aromatic carbocycles. The Bertz CT molecular complexity index is 701. The van der Waals surface area contributed by atoms with Crippen molar-refractivity contribution in [2.45, 2.75) is 25.3 Å². The number of benzene rings is 2. The summed E-state index contributed by atoms with van der Waals surface area (Å²) in [6.45, 7) is 0.367.